The molecule has 108 valence electrons. The van der Waals surface area contributed by atoms with E-state index in [9.17, 15) is 4.79 Å². The lowest BCUT2D eigenvalue weighted by Gasteiger charge is -1.96. The molecule has 0 aliphatic heterocycles. The van der Waals surface area contributed by atoms with Crippen molar-refractivity contribution in [2.24, 2.45) is 0 Å². The van der Waals surface area contributed by atoms with Gasteiger partial charge in [-0.1, -0.05) is 35.5 Å². The fraction of sp³-hybridized carbons (Fsp3) is 0.0625. The van der Waals surface area contributed by atoms with Crippen molar-refractivity contribution in [3.05, 3.63) is 71.0 Å². The van der Waals surface area contributed by atoms with Crippen molar-refractivity contribution in [3.63, 3.8) is 0 Å². The lowest BCUT2D eigenvalue weighted by molar-refractivity contribution is 0.419. The Morgan fingerprint density at radius 1 is 1.09 bits per heavy atom. The van der Waals surface area contributed by atoms with Gasteiger partial charge in [-0.25, -0.2) is 9.78 Å². The Bertz CT molecular complexity index is 982. The van der Waals surface area contributed by atoms with Crippen LogP contribution >= 0.6 is 0 Å². The molecule has 0 saturated carbocycles. The third-order valence-corrected chi connectivity index (χ3v) is 3.36. The summed E-state index contributed by atoms with van der Waals surface area (Å²) in [5.41, 5.74) is 2.52. The van der Waals surface area contributed by atoms with E-state index in [4.69, 9.17) is 8.94 Å². The second-order valence-corrected chi connectivity index (χ2v) is 4.83. The van der Waals surface area contributed by atoms with Gasteiger partial charge >= 0.3 is 5.76 Å². The van der Waals surface area contributed by atoms with E-state index in [1.54, 1.807) is 18.3 Å². The predicted molar refractivity (Wildman–Crippen MR) is 79.3 cm³/mol. The molecule has 0 aliphatic rings. The first-order chi connectivity index (χ1) is 10.8. The predicted octanol–water partition coefficient (Wildman–Crippen LogP) is 2.69. The number of rotatable bonds is 3. The van der Waals surface area contributed by atoms with Gasteiger partial charge in [-0.2, -0.15) is 0 Å². The van der Waals surface area contributed by atoms with Gasteiger partial charge in [0.2, 0.25) is 0 Å². The average Bonchev–Trinajstić information content (AvgIpc) is 3.14. The largest absolute Gasteiger partial charge is 0.421 e. The second-order valence-electron chi connectivity index (χ2n) is 4.83. The molecule has 22 heavy (non-hydrogen) atoms. The standard InChI is InChI=1S/C16H11N3O3/c20-16-19(15-13(21-16)7-4-8-17-15)10-12-9-14(22-18-12)11-5-2-1-3-6-11/h1-9H,10H2. The summed E-state index contributed by atoms with van der Waals surface area (Å²) in [6.07, 6.45) is 1.62. The van der Waals surface area contributed by atoms with Crippen LogP contribution in [0.4, 0.5) is 0 Å². The summed E-state index contributed by atoms with van der Waals surface area (Å²) < 4.78 is 11.9. The van der Waals surface area contributed by atoms with Gasteiger partial charge in [-0.05, 0) is 12.1 Å². The highest BCUT2D eigenvalue weighted by atomic mass is 16.5. The van der Waals surface area contributed by atoms with Crippen LogP contribution in [-0.2, 0) is 6.54 Å². The fourth-order valence-electron chi connectivity index (χ4n) is 2.33. The van der Waals surface area contributed by atoms with E-state index in [1.807, 2.05) is 36.4 Å². The van der Waals surface area contributed by atoms with E-state index in [-0.39, 0.29) is 6.54 Å². The van der Waals surface area contributed by atoms with Crippen molar-refractivity contribution in [3.8, 4) is 11.3 Å². The zero-order chi connectivity index (χ0) is 14.9. The first kappa shape index (κ1) is 12.6. The van der Waals surface area contributed by atoms with Crippen LogP contribution in [0, 0.1) is 0 Å². The van der Waals surface area contributed by atoms with Crippen molar-refractivity contribution in [1.29, 1.82) is 0 Å². The molecule has 4 rings (SSSR count). The minimum absolute atomic E-state index is 0.249. The molecule has 3 aromatic heterocycles. The van der Waals surface area contributed by atoms with Gasteiger partial charge in [0.05, 0.1) is 6.54 Å². The molecular weight excluding hydrogens is 282 g/mol. The Labute approximate surface area is 124 Å². The van der Waals surface area contributed by atoms with Crippen molar-refractivity contribution >= 4 is 11.2 Å². The quantitative estimate of drug-likeness (QED) is 0.580. The molecule has 0 amide bonds. The molecule has 3 heterocycles. The molecular formula is C16H11N3O3. The molecule has 0 saturated heterocycles. The fourth-order valence-corrected chi connectivity index (χ4v) is 2.33. The zero-order valence-electron chi connectivity index (χ0n) is 11.5. The molecule has 0 atom stereocenters. The molecule has 0 aliphatic carbocycles. The smallest absolute Gasteiger partial charge is 0.406 e. The average molecular weight is 293 g/mol. The number of pyridine rings is 1. The van der Waals surface area contributed by atoms with Gasteiger partial charge in [0.25, 0.3) is 0 Å². The molecule has 0 fully saturated rings. The normalized spacial score (nSPS) is 11.1. The lowest BCUT2D eigenvalue weighted by Crippen LogP contribution is -2.15. The SMILES string of the molecule is O=c1oc2cccnc2n1Cc1cc(-c2ccccc2)on1. The van der Waals surface area contributed by atoms with Gasteiger partial charge in [0, 0.05) is 17.8 Å². The van der Waals surface area contributed by atoms with Crippen LogP contribution < -0.4 is 5.76 Å². The minimum Gasteiger partial charge on any atom is -0.406 e. The Balaban J connectivity index is 1.71. The van der Waals surface area contributed by atoms with E-state index >= 15 is 0 Å². The molecule has 0 bridgehead atoms. The van der Waals surface area contributed by atoms with Crippen LogP contribution in [0.25, 0.3) is 22.6 Å². The first-order valence-corrected chi connectivity index (χ1v) is 6.76. The number of benzene rings is 1. The highest BCUT2D eigenvalue weighted by Gasteiger charge is 2.13. The van der Waals surface area contributed by atoms with Crippen LogP contribution in [0.5, 0.6) is 0 Å². The van der Waals surface area contributed by atoms with Crippen LogP contribution in [0.3, 0.4) is 0 Å². The lowest BCUT2D eigenvalue weighted by atomic mass is 10.2. The molecule has 0 unspecified atom stereocenters. The van der Waals surface area contributed by atoms with E-state index in [2.05, 4.69) is 10.1 Å². The van der Waals surface area contributed by atoms with Gasteiger partial charge in [0.1, 0.15) is 5.69 Å². The van der Waals surface area contributed by atoms with Crippen LogP contribution in [0.15, 0.2) is 68.5 Å². The number of hydrogen-bond donors (Lipinski definition) is 0. The molecule has 0 spiro atoms. The summed E-state index contributed by atoms with van der Waals surface area (Å²) in [6, 6.07) is 14.9. The van der Waals surface area contributed by atoms with Crippen LogP contribution in [-0.4, -0.2) is 14.7 Å². The Hall–Kier alpha value is -3.15. The molecule has 0 radical (unpaired) electrons. The number of fused-ring (bicyclic) bond motifs is 1. The van der Waals surface area contributed by atoms with E-state index < -0.39 is 5.76 Å². The van der Waals surface area contributed by atoms with Gasteiger partial charge in [-0.3, -0.25) is 4.57 Å². The Kier molecular flexibility index (Phi) is 2.86. The highest BCUT2D eigenvalue weighted by Crippen LogP contribution is 2.20. The van der Waals surface area contributed by atoms with Gasteiger partial charge < -0.3 is 8.94 Å². The molecule has 1 aromatic carbocycles. The summed E-state index contributed by atoms with van der Waals surface area (Å²) in [5.74, 6) is 0.197. The topological polar surface area (TPSA) is 74.1 Å². The molecule has 4 aromatic rings. The van der Waals surface area contributed by atoms with E-state index in [0.29, 0.717) is 22.7 Å². The van der Waals surface area contributed by atoms with Gasteiger partial charge in [-0.15, -0.1) is 0 Å². The monoisotopic (exact) mass is 293 g/mol. The van der Waals surface area contributed by atoms with Crippen molar-refractivity contribution in [2.75, 3.05) is 0 Å². The molecule has 6 heteroatoms. The zero-order valence-corrected chi connectivity index (χ0v) is 11.5. The first-order valence-electron chi connectivity index (χ1n) is 6.76. The van der Waals surface area contributed by atoms with Crippen molar-refractivity contribution in [2.45, 2.75) is 6.54 Å². The summed E-state index contributed by atoms with van der Waals surface area (Å²) in [4.78, 5) is 16.1. The molecule has 6 nitrogen and oxygen atoms in total. The van der Waals surface area contributed by atoms with Crippen molar-refractivity contribution in [1.82, 2.24) is 14.7 Å². The summed E-state index contributed by atoms with van der Waals surface area (Å²) in [6.45, 7) is 0.249. The maximum Gasteiger partial charge on any atom is 0.421 e. The molecule has 0 N–H and O–H groups in total. The highest BCUT2D eigenvalue weighted by molar-refractivity contribution is 5.67. The number of aromatic nitrogens is 3. The number of oxazole rings is 1. The summed E-state index contributed by atoms with van der Waals surface area (Å²) >= 11 is 0. The third kappa shape index (κ3) is 2.10. The van der Waals surface area contributed by atoms with E-state index in [1.165, 1.54) is 4.57 Å². The minimum atomic E-state index is -0.460. The van der Waals surface area contributed by atoms with Crippen LogP contribution in [0.2, 0.25) is 0 Å². The van der Waals surface area contributed by atoms with Crippen LogP contribution in [0.1, 0.15) is 5.69 Å². The maximum absolute atomic E-state index is 11.9. The Morgan fingerprint density at radius 2 is 1.95 bits per heavy atom. The van der Waals surface area contributed by atoms with Crippen molar-refractivity contribution < 1.29 is 8.94 Å². The maximum atomic E-state index is 11.9. The van der Waals surface area contributed by atoms with E-state index in [0.717, 1.165) is 5.56 Å². The number of nitrogens with zero attached hydrogens (tertiary/aromatic N) is 3. The second kappa shape index (κ2) is 5.00. The summed E-state index contributed by atoms with van der Waals surface area (Å²) in [5, 5.41) is 4.01. The Morgan fingerprint density at radius 3 is 2.82 bits per heavy atom. The third-order valence-electron chi connectivity index (χ3n) is 3.36. The summed E-state index contributed by atoms with van der Waals surface area (Å²) in [7, 11) is 0. The van der Waals surface area contributed by atoms with Gasteiger partial charge in [0.15, 0.2) is 17.0 Å². The number of hydrogen-bond acceptors (Lipinski definition) is 5.